The molecule has 1 saturated carbocycles. The fourth-order valence-corrected chi connectivity index (χ4v) is 2.26. The number of rotatable bonds is 8. The molecule has 1 aromatic carbocycles. The third kappa shape index (κ3) is 4.42. The highest BCUT2D eigenvalue weighted by atomic mass is 19.1. The van der Waals surface area contributed by atoms with Crippen LogP contribution in [0.4, 0.5) is 4.39 Å². The second-order valence-electron chi connectivity index (χ2n) is 5.77. The van der Waals surface area contributed by atoms with E-state index < -0.39 is 0 Å². The molecule has 0 radical (unpaired) electrons. The molecule has 1 N–H and O–H groups in total. The molecular weight excluding hydrogens is 297 g/mol. The van der Waals surface area contributed by atoms with Crippen molar-refractivity contribution in [3.63, 3.8) is 0 Å². The number of halogens is 1. The molecule has 4 nitrogen and oxygen atoms in total. The van der Waals surface area contributed by atoms with Gasteiger partial charge in [-0.3, -0.25) is 4.79 Å². The van der Waals surface area contributed by atoms with Crippen LogP contribution in [0.1, 0.15) is 29.8 Å². The van der Waals surface area contributed by atoms with E-state index in [4.69, 9.17) is 9.15 Å². The van der Waals surface area contributed by atoms with Gasteiger partial charge in [-0.05, 0) is 49.4 Å². The van der Waals surface area contributed by atoms with Crippen LogP contribution in [0.15, 0.2) is 40.8 Å². The number of benzene rings is 1. The molecule has 1 fully saturated rings. The van der Waals surface area contributed by atoms with Crippen molar-refractivity contribution >= 4 is 5.91 Å². The molecule has 3 rings (SSSR count). The predicted molar refractivity (Wildman–Crippen MR) is 84.6 cm³/mol. The Kier molecular flexibility index (Phi) is 5.08. The molecule has 0 spiro atoms. The van der Waals surface area contributed by atoms with Gasteiger partial charge in [0.15, 0.2) is 5.76 Å². The Hall–Kier alpha value is -2.14. The molecule has 1 heterocycles. The van der Waals surface area contributed by atoms with Crippen molar-refractivity contribution < 1.29 is 18.3 Å². The summed E-state index contributed by atoms with van der Waals surface area (Å²) in [5, 5.41) is 2.78. The average molecular weight is 317 g/mol. The second kappa shape index (κ2) is 7.42. The van der Waals surface area contributed by atoms with Gasteiger partial charge in [-0.1, -0.05) is 12.1 Å². The van der Waals surface area contributed by atoms with Crippen LogP contribution in [0.5, 0.6) is 0 Å². The van der Waals surface area contributed by atoms with Crippen LogP contribution in [0.25, 0.3) is 11.3 Å². The van der Waals surface area contributed by atoms with Gasteiger partial charge in [-0.15, -0.1) is 0 Å². The van der Waals surface area contributed by atoms with Crippen LogP contribution in [0.3, 0.4) is 0 Å². The predicted octanol–water partition coefficient (Wildman–Crippen LogP) is 3.63. The first kappa shape index (κ1) is 15.7. The first-order valence-electron chi connectivity index (χ1n) is 7.95. The number of amides is 1. The minimum atomic E-state index is -0.374. The van der Waals surface area contributed by atoms with E-state index in [2.05, 4.69) is 5.32 Å². The third-order valence-corrected chi connectivity index (χ3v) is 3.77. The highest BCUT2D eigenvalue weighted by molar-refractivity contribution is 5.92. The maximum absolute atomic E-state index is 13.7. The summed E-state index contributed by atoms with van der Waals surface area (Å²) < 4.78 is 24.6. The monoisotopic (exact) mass is 317 g/mol. The van der Waals surface area contributed by atoms with Gasteiger partial charge < -0.3 is 14.5 Å². The van der Waals surface area contributed by atoms with Gasteiger partial charge in [0.2, 0.25) is 0 Å². The number of carbonyl (C=O) groups excluding carboxylic acids is 1. The van der Waals surface area contributed by atoms with E-state index in [1.165, 1.54) is 18.9 Å². The first-order valence-corrected chi connectivity index (χ1v) is 7.95. The summed E-state index contributed by atoms with van der Waals surface area (Å²) in [6, 6.07) is 9.47. The lowest BCUT2D eigenvalue weighted by Gasteiger charge is -2.04. The van der Waals surface area contributed by atoms with Crippen LogP contribution in [-0.4, -0.2) is 25.7 Å². The molecule has 0 saturated heterocycles. The molecule has 0 aliphatic heterocycles. The number of ether oxygens (including phenoxy) is 1. The van der Waals surface area contributed by atoms with Gasteiger partial charge in [-0.2, -0.15) is 0 Å². The van der Waals surface area contributed by atoms with Crippen LogP contribution in [0, 0.1) is 11.7 Å². The lowest BCUT2D eigenvalue weighted by atomic mass is 10.1. The summed E-state index contributed by atoms with van der Waals surface area (Å²) in [5.74, 6) is 0.615. The van der Waals surface area contributed by atoms with Gasteiger partial charge in [0.25, 0.3) is 5.91 Å². The van der Waals surface area contributed by atoms with Crippen LogP contribution in [-0.2, 0) is 4.74 Å². The van der Waals surface area contributed by atoms with Crippen molar-refractivity contribution in [1.82, 2.24) is 5.32 Å². The molecular formula is C18H20FNO3. The highest BCUT2D eigenvalue weighted by Gasteiger charge is 2.20. The standard InChI is InChI=1S/C18H20FNO3/c19-15-5-2-1-4-14(15)16-8-9-17(23-16)18(21)20-10-3-11-22-12-13-6-7-13/h1-2,4-5,8-9,13H,3,6-7,10-12H2,(H,20,21). The number of nitrogens with one attached hydrogen (secondary N) is 1. The van der Waals surface area contributed by atoms with E-state index in [9.17, 15) is 9.18 Å². The quantitative estimate of drug-likeness (QED) is 0.756. The molecule has 0 atom stereocenters. The largest absolute Gasteiger partial charge is 0.451 e. The fourth-order valence-electron chi connectivity index (χ4n) is 2.26. The Labute approximate surface area is 134 Å². The van der Waals surface area contributed by atoms with Crippen molar-refractivity contribution in [2.75, 3.05) is 19.8 Å². The zero-order valence-corrected chi connectivity index (χ0v) is 12.9. The molecule has 0 bridgehead atoms. The van der Waals surface area contributed by atoms with Gasteiger partial charge in [0, 0.05) is 19.8 Å². The van der Waals surface area contributed by atoms with Crippen LogP contribution in [0.2, 0.25) is 0 Å². The van der Waals surface area contributed by atoms with E-state index in [0.717, 1.165) is 18.9 Å². The summed E-state index contributed by atoms with van der Waals surface area (Å²) >= 11 is 0. The zero-order valence-electron chi connectivity index (χ0n) is 12.9. The molecule has 0 unspecified atom stereocenters. The van der Waals surface area contributed by atoms with Crippen molar-refractivity contribution in [1.29, 1.82) is 0 Å². The van der Waals surface area contributed by atoms with Gasteiger partial charge in [0.1, 0.15) is 11.6 Å². The highest BCUT2D eigenvalue weighted by Crippen LogP contribution is 2.28. The van der Waals surface area contributed by atoms with Gasteiger partial charge >= 0.3 is 0 Å². The van der Waals surface area contributed by atoms with E-state index in [1.807, 2.05) is 0 Å². The minimum absolute atomic E-state index is 0.183. The van der Waals surface area contributed by atoms with Gasteiger partial charge in [0.05, 0.1) is 5.56 Å². The zero-order chi connectivity index (χ0) is 16.1. The fraction of sp³-hybridized carbons (Fsp3) is 0.389. The van der Waals surface area contributed by atoms with E-state index in [-0.39, 0.29) is 17.5 Å². The lowest BCUT2D eigenvalue weighted by molar-refractivity contribution is 0.0911. The normalized spacial score (nSPS) is 14.0. The topological polar surface area (TPSA) is 51.5 Å². The SMILES string of the molecule is O=C(NCCCOCC1CC1)c1ccc(-c2ccccc2F)o1. The third-order valence-electron chi connectivity index (χ3n) is 3.77. The van der Waals surface area contributed by atoms with Crippen LogP contribution >= 0.6 is 0 Å². The Morgan fingerprint density at radius 3 is 2.87 bits per heavy atom. The number of carbonyl (C=O) groups is 1. The Morgan fingerprint density at radius 2 is 2.09 bits per heavy atom. The Bertz CT molecular complexity index is 664. The summed E-state index contributed by atoms with van der Waals surface area (Å²) in [7, 11) is 0. The van der Waals surface area contributed by atoms with Crippen molar-refractivity contribution in [3.8, 4) is 11.3 Å². The van der Waals surface area contributed by atoms with Crippen molar-refractivity contribution in [2.24, 2.45) is 5.92 Å². The van der Waals surface area contributed by atoms with E-state index in [0.29, 0.717) is 24.5 Å². The number of hydrogen-bond donors (Lipinski definition) is 1. The Morgan fingerprint density at radius 1 is 1.26 bits per heavy atom. The molecule has 1 aliphatic rings. The molecule has 1 aromatic heterocycles. The molecule has 1 amide bonds. The van der Waals surface area contributed by atoms with Crippen molar-refractivity contribution in [2.45, 2.75) is 19.3 Å². The average Bonchev–Trinajstić information content (AvgIpc) is 3.25. The van der Waals surface area contributed by atoms with Crippen LogP contribution < -0.4 is 5.32 Å². The molecule has 5 heteroatoms. The molecule has 122 valence electrons. The first-order chi connectivity index (χ1) is 11.2. The summed E-state index contributed by atoms with van der Waals surface area (Å²) in [4.78, 5) is 12.0. The van der Waals surface area contributed by atoms with E-state index >= 15 is 0 Å². The second-order valence-corrected chi connectivity index (χ2v) is 5.77. The lowest BCUT2D eigenvalue weighted by Crippen LogP contribution is -2.24. The molecule has 1 aliphatic carbocycles. The molecule has 23 heavy (non-hydrogen) atoms. The summed E-state index contributed by atoms with van der Waals surface area (Å²) in [6.45, 7) is 2.01. The number of furan rings is 1. The maximum atomic E-state index is 13.7. The Balaban J connectivity index is 1.45. The smallest absolute Gasteiger partial charge is 0.287 e. The summed E-state index contributed by atoms with van der Waals surface area (Å²) in [5.41, 5.74) is 0.347. The molecule has 2 aromatic rings. The van der Waals surface area contributed by atoms with E-state index in [1.54, 1.807) is 30.3 Å². The van der Waals surface area contributed by atoms with Crippen molar-refractivity contribution in [3.05, 3.63) is 48.0 Å². The van der Waals surface area contributed by atoms with Gasteiger partial charge in [-0.25, -0.2) is 4.39 Å². The minimum Gasteiger partial charge on any atom is -0.451 e. The maximum Gasteiger partial charge on any atom is 0.287 e. The summed E-state index contributed by atoms with van der Waals surface area (Å²) in [6.07, 6.45) is 3.32. The number of hydrogen-bond acceptors (Lipinski definition) is 3.